The van der Waals surface area contributed by atoms with Crippen LogP contribution in [0.15, 0.2) is 94.6 Å². The Bertz CT molecular complexity index is 1460. The molecule has 2 heterocycles. The van der Waals surface area contributed by atoms with Gasteiger partial charge in [-0.05, 0) is 44.5 Å². The molecule has 4 aromatic rings. The van der Waals surface area contributed by atoms with Crippen molar-refractivity contribution in [2.24, 2.45) is 5.92 Å². The van der Waals surface area contributed by atoms with Gasteiger partial charge in [0, 0.05) is 41.0 Å². The molecule has 0 spiro atoms. The summed E-state index contributed by atoms with van der Waals surface area (Å²) in [6.07, 6.45) is 9.75. The van der Waals surface area contributed by atoms with Gasteiger partial charge in [-0.25, -0.2) is 9.36 Å². The summed E-state index contributed by atoms with van der Waals surface area (Å²) in [5.41, 5.74) is 3.75. The molecule has 2 aromatic carbocycles. The van der Waals surface area contributed by atoms with Crippen LogP contribution in [0.2, 0.25) is 0 Å². The molecule has 7 nitrogen and oxygen atoms in total. The van der Waals surface area contributed by atoms with Crippen molar-refractivity contribution in [3.8, 4) is 11.4 Å². The number of benzene rings is 2. The average molecular weight is 511 g/mol. The molecule has 0 radical (unpaired) electrons. The number of aryl methyl sites for hydroxylation is 2. The Balaban J connectivity index is 1.70. The van der Waals surface area contributed by atoms with Crippen molar-refractivity contribution < 1.29 is 4.74 Å². The van der Waals surface area contributed by atoms with Gasteiger partial charge in [0.25, 0.3) is 11.1 Å². The zero-order valence-electron chi connectivity index (χ0n) is 22.1. The Morgan fingerprint density at radius 2 is 1.29 bits per heavy atom. The van der Waals surface area contributed by atoms with Crippen LogP contribution in [0.5, 0.6) is 0 Å². The van der Waals surface area contributed by atoms with Crippen LogP contribution >= 0.6 is 0 Å². The molecule has 0 saturated heterocycles. The number of allylic oxidation sites excluding steroid dienone is 2. The van der Waals surface area contributed by atoms with E-state index in [2.05, 4.69) is 23.2 Å². The monoisotopic (exact) mass is 510 g/mol. The number of aromatic nitrogens is 4. The highest BCUT2D eigenvalue weighted by atomic mass is 16.5. The van der Waals surface area contributed by atoms with E-state index >= 15 is 0 Å². The summed E-state index contributed by atoms with van der Waals surface area (Å²) in [6.45, 7) is 6.54. The van der Waals surface area contributed by atoms with Crippen molar-refractivity contribution in [2.75, 3.05) is 6.61 Å². The van der Waals surface area contributed by atoms with Gasteiger partial charge < -0.3 is 4.74 Å². The predicted octanol–water partition coefficient (Wildman–Crippen LogP) is 5.32. The molecule has 7 heteroatoms. The molecule has 0 saturated carbocycles. The fraction of sp³-hybridized carbons (Fsp3) is 0.290. The fourth-order valence-corrected chi connectivity index (χ4v) is 5.33. The van der Waals surface area contributed by atoms with E-state index < -0.39 is 5.92 Å². The molecule has 0 fully saturated rings. The maximum atomic E-state index is 14.0. The van der Waals surface area contributed by atoms with Crippen molar-refractivity contribution in [3.05, 3.63) is 128 Å². The maximum Gasteiger partial charge on any atom is 0.275 e. The number of ether oxygens (including phenoxy) is 1. The molecule has 0 aliphatic heterocycles. The smallest absolute Gasteiger partial charge is 0.275 e. The molecule has 0 bridgehead atoms. The van der Waals surface area contributed by atoms with Crippen LogP contribution < -0.4 is 11.1 Å². The number of aromatic amines is 2. The van der Waals surface area contributed by atoms with Gasteiger partial charge in [-0.1, -0.05) is 74.0 Å². The molecule has 2 atom stereocenters. The molecule has 5 rings (SSSR count). The first-order valence-electron chi connectivity index (χ1n) is 13.2. The van der Waals surface area contributed by atoms with Gasteiger partial charge in [0.05, 0.1) is 17.5 Å². The Labute approximate surface area is 222 Å². The number of hydrogen-bond acceptors (Lipinski definition) is 3. The lowest BCUT2D eigenvalue weighted by molar-refractivity contribution is 0.0506. The Hall–Kier alpha value is -4.10. The van der Waals surface area contributed by atoms with Gasteiger partial charge in [-0.2, -0.15) is 0 Å². The first-order chi connectivity index (χ1) is 18.5. The third-order valence-electron chi connectivity index (χ3n) is 7.20. The molecule has 1 aliphatic carbocycles. The van der Waals surface area contributed by atoms with Gasteiger partial charge in [-0.15, -0.1) is 0 Å². The number of nitrogens with zero attached hydrogens (tertiary/aromatic N) is 2. The molecular formula is C31H34N4O3. The topological polar surface area (TPSA) is 84.8 Å². The predicted molar refractivity (Wildman–Crippen MR) is 151 cm³/mol. The van der Waals surface area contributed by atoms with E-state index in [0.29, 0.717) is 17.7 Å². The van der Waals surface area contributed by atoms with Gasteiger partial charge in [-0.3, -0.25) is 19.8 Å². The zero-order valence-corrected chi connectivity index (χ0v) is 22.1. The van der Waals surface area contributed by atoms with Gasteiger partial charge in [0.2, 0.25) is 0 Å². The van der Waals surface area contributed by atoms with E-state index in [-0.39, 0.29) is 23.1 Å². The molecule has 0 unspecified atom stereocenters. The highest BCUT2D eigenvalue weighted by molar-refractivity contribution is 5.43. The van der Waals surface area contributed by atoms with E-state index in [9.17, 15) is 9.59 Å². The van der Waals surface area contributed by atoms with Crippen LogP contribution in [0.3, 0.4) is 0 Å². The van der Waals surface area contributed by atoms with Gasteiger partial charge >= 0.3 is 0 Å². The molecule has 2 aromatic heterocycles. The van der Waals surface area contributed by atoms with Gasteiger partial charge in [0.15, 0.2) is 0 Å². The van der Waals surface area contributed by atoms with Crippen LogP contribution in [-0.4, -0.2) is 32.3 Å². The summed E-state index contributed by atoms with van der Waals surface area (Å²) in [6, 6.07) is 19.0. The molecule has 2 N–H and O–H groups in total. The third-order valence-corrected chi connectivity index (χ3v) is 7.20. The average Bonchev–Trinajstić information content (AvgIpc) is 3.41. The highest BCUT2D eigenvalue weighted by Gasteiger charge is 2.38. The first-order valence-corrected chi connectivity index (χ1v) is 13.2. The van der Waals surface area contributed by atoms with Crippen molar-refractivity contribution in [1.82, 2.24) is 19.6 Å². The van der Waals surface area contributed by atoms with Crippen LogP contribution in [0.25, 0.3) is 11.4 Å². The van der Waals surface area contributed by atoms with Crippen LogP contribution in [0.4, 0.5) is 0 Å². The maximum absolute atomic E-state index is 14.0. The summed E-state index contributed by atoms with van der Waals surface area (Å²) in [4.78, 5) is 28.1. The lowest BCUT2D eigenvalue weighted by Crippen LogP contribution is -2.34. The Morgan fingerprint density at radius 3 is 1.79 bits per heavy atom. The standard InChI is InChI=1S/C31H34N4O3/c1-4-5-20-38-26-19-13-12-18-25(26)29(27-21(2)32-34(30(27)36)23-14-8-6-9-15-23)28-22(3)33-35(31(28)37)24-16-10-7-11-17-24/h6-19,25-26,29,32-33H,4-5,20H2,1-3H3/t25-,26+/m0/s1. The number of hydrogen-bond donors (Lipinski definition) is 2. The fourth-order valence-electron chi connectivity index (χ4n) is 5.33. The summed E-state index contributed by atoms with van der Waals surface area (Å²) < 4.78 is 9.45. The molecule has 38 heavy (non-hydrogen) atoms. The molecule has 1 aliphatic rings. The lowest BCUT2D eigenvalue weighted by Gasteiger charge is -2.31. The number of unbranched alkanes of at least 4 members (excludes halogenated alkanes) is 1. The largest absolute Gasteiger partial charge is 0.373 e. The highest BCUT2D eigenvalue weighted by Crippen LogP contribution is 2.38. The van der Waals surface area contributed by atoms with Crippen molar-refractivity contribution >= 4 is 0 Å². The normalized spacial score (nSPS) is 16.9. The van der Waals surface area contributed by atoms with E-state index in [1.165, 1.54) is 0 Å². The van der Waals surface area contributed by atoms with Crippen molar-refractivity contribution in [2.45, 2.75) is 45.6 Å². The Morgan fingerprint density at radius 1 is 0.789 bits per heavy atom. The number of nitrogens with one attached hydrogen (secondary N) is 2. The molecule has 0 amide bonds. The summed E-state index contributed by atoms with van der Waals surface area (Å²) in [7, 11) is 0. The minimum Gasteiger partial charge on any atom is -0.373 e. The van der Waals surface area contributed by atoms with Gasteiger partial charge in [0.1, 0.15) is 0 Å². The summed E-state index contributed by atoms with van der Waals surface area (Å²) in [5, 5.41) is 6.53. The second kappa shape index (κ2) is 11.1. The van der Waals surface area contributed by atoms with Crippen LogP contribution in [0.1, 0.15) is 48.2 Å². The minimum atomic E-state index is -0.523. The second-order valence-corrected chi connectivity index (χ2v) is 9.77. The van der Waals surface area contributed by atoms with Crippen molar-refractivity contribution in [1.29, 1.82) is 0 Å². The lowest BCUT2D eigenvalue weighted by atomic mass is 9.76. The third kappa shape index (κ3) is 4.77. The van der Waals surface area contributed by atoms with Crippen LogP contribution in [0, 0.1) is 19.8 Å². The Kier molecular flexibility index (Phi) is 7.47. The summed E-state index contributed by atoms with van der Waals surface area (Å²) >= 11 is 0. The van der Waals surface area contributed by atoms with E-state index in [0.717, 1.165) is 35.6 Å². The van der Waals surface area contributed by atoms with E-state index in [1.54, 1.807) is 9.36 Å². The van der Waals surface area contributed by atoms with Crippen molar-refractivity contribution in [3.63, 3.8) is 0 Å². The first kappa shape index (κ1) is 25.5. The minimum absolute atomic E-state index is 0.166. The van der Waals surface area contributed by atoms with Crippen LogP contribution in [-0.2, 0) is 4.74 Å². The summed E-state index contributed by atoms with van der Waals surface area (Å²) in [5.74, 6) is -0.764. The second-order valence-electron chi connectivity index (χ2n) is 9.77. The van der Waals surface area contributed by atoms with E-state index in [1.807, 2.05) is 92.7 Å². The zero-order chi connectivity index (χ0) is 26.6. The number of rotatable bonds is 9. The number of para-hydroxylation sites is 2. The SMILES string of the molecule is CCCCO[C@@H]1C=CC=C[C@@H]1C(c1c(C)[nH]n(-c2ccccc2)c1=O)c1c(C)[nH]n(-c2ccccc2)c1=O. The quantitative estimate of drug-likeness (QED) is 0.299. The molecule has 196 valence electrons. The molecular weight excluding hydrogens is 476 g/mol. The number of H-pyrrole nitrogens is 2. The van der Waals surface area contributed by atoms with E-state index in [4.69, 9.17) is 4.74 Å².